The first-order valence-corrected chi connectivity index (χ1v) is 10.3. The fourth-order valence-electron chi connectivity index (χ4n) is 3.70. The highest BCUT2D eigenvalue weighted by Crippen LogP contribution is 2.26. The molecule has 0 aliphatic rings. The lowest BCUT2D eigenvalue weighted by molar-refractivity contribution is 0.560. The number of aryl methyl sites for hydroxylation is 1. The minimum absolute atomic E-state index is 0.0570. The number of para-hydroxylation sites is 1. The lowest BCUT2D eigenvalue weighted by Crippen LogP contribution is -2.26. The molecule has 4 rings (SSSR count). The molecule has 4 aromatic rings. The van der Waals surface area contributed by atoms with Gasteiger partial charge >= 0.3 is 5.69 Å². The number of hydrogen-bond donors (Lipinski definition) is 0. The predicted octanol–water partition coefficient (Wildman–Crippen LogP) is 3.87. The van der Waals surface area contributed by atoms with E-state index in [-0.39, 0.29) is 11.7 Å². The highest BCUT2D eigenvalue weighted by molar-refractivity contribution is 5.72. The van der Waals surface area contributed by atoms with Gasteiger partial charge in [-0.3, -0.25) is 9.13 Å². The summed E-state index contributed by atoms with van der Waals surface area (Å²) in [7, 11) is 0. The fraction of sp³-hybridized carbons (Fsp3) is 0.304. The summed E-state index contributed by atoms with van der Waals surface area (Å²) in [6.07, 6.45) is 5.50. The van der Waals surface area contributed by atoms with Crippen LogP contribution in [0.3, 0.4) is 0 Å². The molecule has 0 unspecified atom stereocenters. The van der Waals surface area contributed by atoms with Crippen LogP contribution in [0, 0.1) is 0 Å². The molecule has 0 amide bonds. The summed E-state index contributed by atoms with van der Waals surface area (Å²) in [5.41, 5.74) is 5.29. The summed E-state index contributed by atoms with van der Waals surface area (Å²) < 4.78 is 5.38. The van der Waals surface area contributed by atoms with E-state index in [0.717, 1.165) is 40.9 Å². The lowest BCUT2D eigenvalue weighted by atomic mass is 10.0. The Kier molecular flexibility index (Phi) is 5.61. The third-order valence-corrected chi connectivity index (χ3v) is 5.25. The number of nitrogens with zero attached hydrogens (tertiary/aromatic N) is 6. The van der Waals surface area contributed by atoms with Gasteiger partial charge in [0.05, 0.1) is 12.2 Å². The summed E-state index contributed by atoms with van der Waals surface area (Å²) in [6.45, 7) is 6.79. The smallest absolute Gasteiger partial charge is 0.296 e. The minimum Gasteiger partial charge on any atom is -0.296 e. The predicted molar refractivity (Wildman–Crippen MR) is 117 cm³/mol. The molecule has 30 heavy (non-hydrogen) atoms. The van der Waals surface area contributed by atoms with Gasteiger partial charge in [-0.25, -0.2) is 4.79 Å². The second-order valence-electron chi connectivity index (χ2n) is 7.71. The van der Waals surface area contributed by atoms with Crippen LogP contribution < -0.4 is 5.69 Å². The van der Waals surface area contributed by atoms with Gasteiger partial charge in [0.1, 0.15) is 6.33 Å². The number of hydrogen-bond acceptors (Lipinski definition) is 4. The Balaban J connectivity index is 1.65. The molecule has 154 valence electrons. The topological polar surface area (TPSA) is 70.5 Å². The van der Waals surface area contributed by atoms with E-state index in [1.807, 2.05) is 47.4 Å². The normalized spacial score (nSPS) is 11.3. The van der Waals surface area contributed by atoms with Crippen LogP contribution in [0.4, 0.5) is 0 Å². The van der Waals surface area contributed by atoms with Crippen molar-refractivity contribution in [1.82, 2.24) is 29.3 Å². The Morgan fingerprint density at radius 1 is 1.03 bits per heavy atom. The number of imidazole rings is 1. The first kappa shape index (κ1) is 19.8. The van der Waals surface area contributed by atoms with Crippen LogP contribution in [0.25, 0.3) is 16.8 Å². The molecule has 0 saturated heterocycles. The van der Waals surface area contributed by atoms with E-state index in [1.54, 1.807) is 11.0 Å². The van der Waals surface area contributed by atoms with Crippen molar-refractivity contribution >= 4 is 0 Å². The number of rotatable bonds is 7. The standard InChI is InChI=1S/C23H26N6O/c1-4-7-20-15-27(17(2)3)23(30)28(20)14-18-10-12-19(13-11-18)21-8-5-6-9-22(21)29-16-24-25-26-29/h5-6,8-13,15-17H,4,7,14H2,1-3H3. The molecule has 0 atom stereocenters. The Labute approximate surface area is 175 Å². The van der Waals surface area contributed by atoms with Gasteiger partial charge in [-0.05, 0) is 47.9 Å². The second-order valence-corrected chi connectivity index (χ2v) is 7.71. The molecule has 0 bridgehead atoms. The highest BCUT2D eigenvalue weighted by Gasteiger charge is 2.13. The van der Waals surface area contributed by atoms with Crippen molar-refractivity contribution in [3.8, 4) is 16.8 Å². The van der Waals surface area contributed by atoms with Crippen molar-refractivity contribution in [3.05, 3.63) is 82.8 Å². The molecule has 0 N–H and O–H groups in total. The van der Waals surface area contributed by atoms with Crippen molar-refractivity contribution in [1.29, 1.82) is 0 Å². The van der Waals surface area contributed by atoms with Crippen LogP contribution in [-0.2, 0) is 13.0 Å². The van der Waals surface area contributed by atoms with Gasteiger partial charge in [-0.15, -0.1) is 5.10 Å². The van der Waals surface area contributed by atoms with E-state index in [4.69, 9.17) is 0 Å². The van der Waals surface area contributed by atoms with E-state index >= 15 is 0 Å². The number of benzene rings is 2. The zero-order chi connectivity index (χ0) is 21.1. The maximum Gasteiger partial charge on any atom is 0.328 e. The largest absolute Gasteiger partial charge is 0.328 e. The molecule has 0 aliphatic heterocycles. The molecule has 0 fully saturated rings. The van der Waals surface area contributed by atoms with Crippen LogP contribution in [-0.4, -0.2) is 29.3 Å². The summed E-state index contributed by atoms with van der Waals surface area (Å²) in [6, 6.07) is 16.5. The molecule has 0 saturated carbocycles. The second kappa shape index (κ2) is 8.49. The average molecular weight is 403 g/mol. The van der Waals surface area contributed by atoms with Gasteiger partial charge in [0, 0.05) is 23.5 Å². The van der Waals surface area contributed by atoms with Crippen LogP contribution in [0.15, 0.2) is 65.8 Å². The quantitative estimate of drug-likeness (QED) is 0.470. The van der Waals surface area contributed by atoms with Gasteiger partial charge in [-0.1, -0.05) is 55.8 Å². The van der Waals surface area contributed by atoms with Gasteiger partial charge < -0.3 is 0 Å². The van der Waals surface area contributed by atoms with Gasteiger partial charge in [0.15, 0.2) is 0 Å². The Hall–Kier alpha value is -3.48. The molecule has 2 heterocycles. The van der Waals surface area contributed by atoms with Crippen LogP contribution >= 0.6 is 0 Å². The SMILES string of the molecule is CCCc1cn(C(C)C)c(=O)n1Cc1ccc(-c2ccccc2-n2cnnn2)cc1. The highest BCUT2D eigenvalue weighted by atomic mass is 16.1. The molecule has 2 aromatic carbocycles. The monoisotopic (exact) mass is 402 g/mol. The van der Waals surface area contributed by atoms with E-state index in [9.17, 15) is 4.79 Å². The fourth-order valence-corrected chi connectivity index (χ4v) is 3.70. The third kappa shape index (κ3) is 3.83. The molecule has 7 nitrogen and oxygen atoms in total. The zero-order valence-electron chi connectivity index (χ0n) is 17.6. The van der Waals surface area contributed by atoms with Crippen LogP contribution in [0.5, 0.6) is 0 Å². The van der Waals surface area contributed by atoms with Crippen molar-refractivity contribution in [2.24, 2.45) is 0 Å². The van der Waals surface area contributed by atoms with E-state index in [0.29, 0.717) is 6.54 Å². The molecule has 0 spiro atoms. The third-order valence-electron chi connectivity index (χ3n) is 5.25. The molecule has 0 aliphatic carbocycles. The summed E-state index contributed by atoms with van der Waals surface area (Å²) in [4.78, 5) is 12.9. The van der Waals surface area contributed by atoms with E-state index in [2.05, 4.69) is 52.8 Å². The number of tetrazole rings is 1. The summed E-state index contributed by atoms with van der Waals surface area (Å²) in [5, 5.41) is 11.5. The first-order chi connectivity index (χ1) is 14.6. The lowest BCUT2D eigenvalue weighted by Gasteiger charge is -2.11. The zero-order valence-corrected chi connectivity index (χ0v) is 17.6. The van der Waals surface area contributed by atoms with E-state index < -0.39 is 0 Å². The van der Waals surface area contributed by atoms with Crippen LogP contribution in [0.1, 0.15) is 44.5 Å². The Bertz CT molecular complexity index is 1170. The maximum atomic E-state index is 12.9. The van der Waals surface area contributed by atoms with Gasteiger partial charge in [-0.2, -0.15) is 4.68 Å². The van der Waals surface area contributed by atoms with E-state index in [1.165, 1.54) is 0 Å². The van der Waals surface area contributed by atoms with Crippen molar-refractivity contribution in [2.75, 3.05) is 0 Å². The number of aromatic nitrogens is 6. The Morgan fingerprint density at radius 3 is 2.47 bits per heavy atom. The minimum atomic E-state index is 0.0570. The van der Waals surface area contributed by atoms with Crippen molar-refractivity contribution in [3.63, 3.8) is 0 Å². The molecule has 7 heteroatoms. The van der Waals surface area contributed by atoms with Crippen molar-refractivity contribution in [2.45, 2.75) is 46.2 Å². The molecule has 0 radical (unpaired) electrons. The Morgan fingerprint density at radius 2 is 1.80 bits per heavy atom. The summed E-state index contributed by atoms with van der Waals surface area (Å²) in [5.74, 6) is 0. The molecule has 2 aromatic heterocycles. The molecular formula is C23H26N6O. The van der Waals surface area contributed by atoms with Crippen molar-refractivity contribution < 1.29 is 0 Å². The van der Waals surface area contributed by atoms with Gasteiger partial charge in [0.25, 0.3) is 0 Å². The molecular weight excluding hydrogens is 376 g/mol. The average Bonchev–Trinajstić information content (AvgIpc) is 3.39. The summed E-state index contributed by atoms with van der Waals surface area (Å²) >= 11 is 0. The van der Waals surface area contributed by atoms with Crippen LogP contribution in [0.2, 0.25) is 0 Å². The first-order valence-electron chi connectivity index (χ1n) is 10.3. The maximum absolute atomic E-state index is 12.9. The van der Waals surface area contributed by atoms with Gasteiger partial charge in [0.2, 0.25) is 0 Å².